The van der Waals surface area contributed by atoms with Crippen molar-refractivity contribution in [3.05, 3.63) is 29.3 Å². The van der Waals surface area contributed by atoms with Gasteiger partial charge in [-0.05, 0) is 31.5 Å². The zero-order valence-corrected chi connectivity index (χ0v) is 10.5. The summed E-state index contributed by atoms with van der Waals surface area (Å²) in [5.74, 6) is 0.729. The lowest BCUT2D eigenvalue weighted by Gasteiger charge is -2.11. The van der Waals surface area contributed by atoms with E-state index in [1.54, 1.807) is 0 Å². The highest BCUT2D eigenvalue weighted by atomic mass is 32.1. The van der Waals surface area contributed by atoms with Crippen LogP contribution in [0.2, 0.25) is 0 Å². The van der Waals surface area contributed by atoms with E-state index in [1.165, 1.54) is 0 Å². The number of rotatable bonds is 6. The van der Waals surface area contributed by atoms with Crippen LogP contribution in [0.1, 0.15) is 18.1 Å². The Balaban J connectivity index is 2.68. The molecule has 0 aliphatic carbocycles. The Hall–Kier alpha value is -1.13. The van der Waals surface area contributed by atoms with E-state index in [2.05, 4.69) is 0 Å². The van der Waals surface area contributed by atoms with Gasteiger partial charge in [-0.15, -0.1) is 0 Å². The van der Waals surface area contributed by atoms with E-state index in [9.17, 15) is 0 Å². The van der Waals surface area contributed by atoms with Gasteiger partial charge < -0.3 is 15.2 Å². The molecule has 0 unspecified atom stereocenters. The van der Waals surface area contributed by atoms with Crippen LogP contribution in [-0.2, 0) is 4.74 Å². The van der Waals surface area contributed by atoms with Gasteiger partial charge in [0.25, 0.3) is 0 Å². The molecular formula is C12H17NO2S. The van der Waals surface area contributed by atoms with Crippen LogP contribution in [0.5, 0.6) is 5.75 Å². The molecule has 0 amide bonds. The number of aryl methyl sites for hydroxylation is 1. The lowest BCUT2D eigenvalue weighted by atomic mass is 10.1. The Labute approximate surface area is 102 Å². The van der Waals surface area contributed by atoms with Crippen molar-refractivity contribution in [3.8, 4) is 5.75 Å². The predicted octanol–water partition coefficient (Wildman–Crippen LogP) is 2.04. The molecule has 3 nitrogen and oxygen atoms in total. The monoisotopic (exact) mass is 239 g/mol. The minimum atomic E-state index is 0.353. The van der Waals surface area contributed by atoms with E-state index in [-0.39, 0.29) is 0 Å². The maximum absolute atomic E-state index is 5.62. The van der Waals surface area contributed by atoms with E-state index in [4.69, 9.17) is 27.4 Å². The van der Waals surface area contributed by atoms with Crippen LogP contribution in [0.25, 0.3) is 0 Å². The molecule has 0 aliphatic heterocycles. The van der Waals surface area contributed by atoms with Crippen molar-refractivity contribution in [1.29, 1.82) is 0 Å². The highest BCUT2D eigenvalue weighted by Crippen LogP contribution is 2.20. The lowest BCUT2D eigenvalue weighted by molar-refractivity contribution is 0.110. The first kappa shape index (κ1) is 12.9. The van der Waals surface area contributed by atoms with Crippen LogP contribution >= 0.6 is 12.2 Å². The van der Waals surface area contributed by atoms with E-state index in [1.807, 2.05) is 32.0 Å². The first-order chi connectivity index (χ1) is 7.65. The molecule has 0 saturated heterocycles. The molecule has 0 saturated carbocycles. The fourth-order valence-electron chi connectivity index (χ4n) is 1.31. The van der Waals surface area contributed by atoms with Gasteiger partial charge in [-0.25, -0.2) is 0 Å². The first-order valence-corrected chi connectivity index (χ1v) is 5.67. The fourth-order valence-corrected chi connectivity index (χ4v) is 1.48. The number of benzene rings is 1. The maximum atomic E-state index is 5.62. The van der Waals surface area contributed by atoms with E-state index in [0.717, 1.165) is 16.9 Å². The van der Waals surface area contributed by atoms with Gasteiger partial charge in [-0.2, -0.15) is 0 Å². The predicted molar refractivity (Wildman–Crippen MR) is 69.1 cm³/mol. The van der Waals surface area contributed by atoms with Crippen molar-refractivity contribution >= 4 is 17.2 Å². The number of hydrogen-bond acceptors (Lipinski definition) is 3. The van der Waals surface area contributed by atoms with Crippen molar-refractivity contribution < 1.29 is 9.47 Å². The molecule has 0 spiro atoms. The third-order valence-corrected chi connectivity index (χ3v) is 2.31. The molecule has 1 rings (SSSR count). The standard InChI is InChI=1S/C12H17NO2S/c1-3-14-6-7-15-11-8-9(2)4-5-10(11)12(13)16/h4-5,8H,3,6-7H2,1-2H3,(H2,13,16). The van der Waals surface area contributed by atoms with E-state index >= 15 is 0 Å². The number of hydrogen-bond donors (Lipinski definition) is 1. The van der Waals surface area contributed by atoms with Gasteiger partial charge in [0.05, 0.1) is 12.2 Å². The molecule has 0 bridgehead atoms. The topological polar surface area (TPSA) is 44.5 Å². The summed E-state index contributed by atoms with van der Waals surface area (Å²) in [6.07, 6.45) is 0. The molecular weight excluding hydrogens is 222 g/mol. The summed E-state index contributed by atoms with van der Waals surface area (Å²) in [5, 5.41) is 0. The Morgan fingerprint density at radius 1 is 1.38 bits per heavy atom. The summed E-state index contributed by atoms with van der Waals surface area (Å²) >= 11 is 4.96. The van der Waals surface area contributed by atoms with E-state index in [0.29, 0.717) is 24.8 Å². The van der Waals surface area contributed by atoms with Crippen molar-refractivity contribution in [2.24, 2.45) is 5.73 Å². The van der Waals surface area contributed by atoms with Gasteiger partial charge in [-0.3, -0.25) is 0 Å². The zero-order valence-electron chi connectivity index (χ0n) is 9.66. The molecule has 88 valence electrons. The van der Waals surface area contributed by atoms with Crippen LogP contribution in [0.4, 0.5) is 0 Å². The van der Waals surface area contributed by atoms with Crippen LogP contribution < -0.4 is 10.5 Å². The molecule has 0 aliphatic rings. The molecule has 1 aromatic rings. The maximum Gasteiger partial charge on any atom is 0.129 e. The molecule has 0 radical (unpaired) electrons. The summed E-state index contributed by atoms with van der Waals surface area (Å²) in [6.45, 7) is 5.72. The minimum absolute atomic E-state index is 0.353. The summed E-state index contributed by atoms with van der Waals surface area (Å²) in [6, 6.07) is 5.78. The van der Waals surface area contributed by atoms with Gasteiger partial charge in [-0.1, -0.05) is 18.3 Å². The second-order valence-electron chi connectivity index (χ2n) is 3.41. The molecule has 0 atom stereocenters. The molecule has 16 heavy (non-hydrogen) atoms. The summed E-state index contributed by atoms with van der Waals surface area (Å²) in [5.41, 5.74) is 7.51. The highest BCUT2D eigenvalue weighted by molar-refractivity contribution is 7.80. The molecule has 0 aromatic heterocycles. The van der Waals surface area contributed by atoms with E-state index < -0.39 is 0 Å². The van der Waals surface area contributed by atoms with Gasteiger partial charge in [0.1, 0.15) is 17.3 Å². The summed E-state index contributed by atoms with van der Waals surface area (Å²) in [7, 11) is 0. The average Bonchev–Trinajstić information content (AvgIpc) is 2.24. The Morgan fingerprint density at radius 3 is 2.75 bits per heavy atom. The Kier molecular flexibility index (Phi) is 5.22. The summed E-state index contributed by atoms with van der Waals surface area (Å²) < 4.78 is 10.8. The molecule has 4 heteroatoms. The largest absolute Gasteiger partial charge is 0.490 e. The van der Waals surface area contributed by atoms with Gasteiger partial charge in [0.2, 0.25) is 0 Å². The molecule has 0 heterocycles. The third kappa shape index (κ3) is 3.79. The highest BCUT2D eigenvalue weighted by Gasteiger charge is 2.06. The van der Waals surface area contributed by atoms with Crippen molar-refractivity contribution in [2.75, 3.05) is 19.8 Å². The second kappa shape index (κ2) is 6.45. The molecule has 0 fully saturated rings. The summed E-state index contributed by atoms with van der Waals surface area (Å²) in [4.78, 5) is 0.353. The molecule has 2 N–H and O–H groups in total. The number of ether oxygens (including phenoxy) is 2. The van der Waals surface area contributed by atoms with Crippen LogP contribution in [0, 0.1) is 6.92 Å². The van der Waals surface area contributed by atoms with Crippen molar-refractivity contribution in [1.82, 2.24) is 0 Å². The fraction of sp³-hybridized carbons (Fsp3) is 0.417. The second-order valence-corrected chi connectivity index (χ2v) is 3.85. The van der Waals surface area contributed by atoms with Crippen LogP contribution in [0.3, 0.4) is 0 Å². The zero-order chi connectivity index (χ0) is 12.0. The van der Waals surface area contributed by atoms with Crippen molar-refractivity contribution in [3.63, 3.8) is 0 Å². The number of thiocarbonyl (C=S) groups is 1. The van der Waals surface area contributed by atoms with Crippen molar-refractivity contribution in [2.45, 2.75) is 13.8 Å². The normalized spacial score (nSPS) is 10.1. The van der Waals surface area contributed by atoms with Gasteiger partial charge in [0.15, 0.2) is 0 Å². The van der Waals surface area contributed by atoms with Gasteiger partial charge >= 0.3 is 0 Å². The Bertz CT molecular complexity index is 366. The van der Waals surface area contributed by atoms with Crippen LogP contribution in [-0.4, -0.2) is 24.8 Å². The Morgan fingerprint density at radius 2 is 2.12 bits per heavy atom. The van der Waals surface area contributed by atoms with Crippen LogP contribution in [0.15, 0.2) is 18.2 Å². The number of nitrogens with two attached hydrogens (primary N) is 1. The first-order valence-electron chi connectivity index (χ1n) is 5.26. The smallest absolute Gasteiger partial charge is 0.129 e. The average molecular weight is 239 g/mol. The minimum Gasteiger partial charge on any atom is -0.490 e. The molecule has 1 aromatic carbocycles. The quantitative estimate of drug-likeness (QED) is 0.609. The SMILES string of the molecule is CCOCCOc1cc(C)ccc1C(N)=S. The lowest BCUT2D eigenvalue weighted by Crippen LogP contribution is -2.14. The third-order valence-electron chi connectivity index (χ3n) is 2.09. The van der Waals surface area contributed by atoms with Gasteiger partial charge in [0, 0.05) is 6.61 Å².